The van der Waals surface area contributed by atoms with Crippen molar-refractivity contribution in [2.24, 2.45) is 0 Å². The summed E-state index contributed by atoms with van der Waals surface area (Å²) in [7, 11) is 1.83. The molecule has 1 aromatic heterocycles. The summed E-state index contributed by atoms with van der Waals surface area (Å²) in [5.74, 6) is 0.667. The number of hydrogen-bond donors (Lipinski definition) is 2. The summed E-state index contributed by atoms with van der Waals surface area (Å²) < 4.78 is 0. The second-order valence-corrected chi connectivity index (χ2v) is 1.80. The van der Waals surface area contributed by atoms with Gasteiger partial charge in [-0.05, 0) is 5.46 Å². The van der Waals surface area contributed by atoms with Crippen molar-refractivity contribution in [2.75, 3.05) is 11.5 Å². The van der Waals surface area contributed by atoms with Crippen LogP contribution in [0.5, 0.6) is 0 Å². The van der Waals surface area contributed by atoms with Crippen LogP contribution in [0, 0.1) is 0 Å². The van der Waals surface area contributed by atoms with Gasteiger partial charge in [-0.3, -0.25) is 0 Å². The van der Waals surface area contributed by atoms with E-state index in [1.54, 1.807) is 6.20 Å². The van der Waals surface area contributed by atoms with E-state index in [1.165, 1.54) is 0 Å². The zero-order valence-electron chi connectivity index (χ0n) is 5.13. The first kappa shape index (κ1) is 5.87. The van der Waals surface area contributed by atoms with Crippen molar-refractivity contribution in [3.63, 3.8) is 0 Å². The summed E-state index contributed by atoms with van der Waals surface area (Å²) in [4.78, 5) is 7.44. The average Bonchev–Trinajstić information content (AvgIpc) is 1.80. The van der Waals surface area contributed by atoms with Gasteiger partial charge in [-0.1, -0.05) is 0 Å². The zero-order chi connectivity index (χ0) is 6.85. The van der Waals surface area contributed by atoms with E-state index in [1.807, 2.05) is 7.85 Å². The third-order valence-electron chi connectivity index (χ3n) is 1.03. The minimum Gasteiger partial charge on any atom is -0.384 e. The highest BCUT2D eigenvalue weighted by Gasteiger charge is 1.93. The lowest BCUT2D eigenvalue weighted by Crippen LogP contribution is -2.14. The van der Waals surface area contributed by atoms with Gasteiger partial charge in [-0.15, -0.1) is 0 Å². The summed E-state index contributed by atoms with van der Waals surface area (Å²) in [5, 5.41) is 0. The maximum Gasteiger partial charge on any atom is 0.221 e. The van der Waals surface area contributed by atoms with Crippen molar-refractivity contribution in [3.05, 3.63) is 6.20 Å². The maximum absolute atomic E-state index is 5.39. The third kappa shape index (κ3) is 1.10. The number of rotatable bonds is 0. The van der Waals surface area contributed by atoms with E-state index in [0.717, 1.165) is 5.46 Å². The molecule has 46 valence electrons. The highest BCUT2D eigenvalue weighted by Crippen LogP contribution is 1.90. The quantitative estimate of drug-likeness (QED) is 0.386. The van der Waals surface area contributed by atoms with Crippen molar-refractivity contribution in [3.8, 4) is 0 Å². The predicted octanol–water partition coefficient (Wildman–Crippen LogP) is -2.10. The molecule has 0 saturated carbocycles. The molecule has 0 aromatic carbocycles. The number of hydrogen-bond acceptors (Lipinski definition) is 4. The van der Waals surface area contributed by atoms with Crippen LogP contribution in [-0.2, 0) is 0 Å². The summed E-state index contributed by atoms with van der Waals surface area (Å²) in [6, 6.07) is 0. The molecule has 1 heterocycles. The average molecular weight is 122 g/mol. The van der Waals surface area contributed by atoms with Gasteiger partial charge < -0.3 is 11.5 Å². The summed E-state index contributed by atoms with van der Waals surface area (Å²) in [6.07, 6.45) is 1.59. The fourth-order valence-electron chi connectivity index (χ4n) is 0.470. The van der Waals surface area contributed by atoms with Gasteiger partial charge in [-0.2, -0.15) is 4.98 Å². The van der Waals surface area contributed by atoms with Crippen molar-refractivity contribution < 1.29 is 0 Å². The van der Waals surface area contributed by atoms with Crippen LogP contribution in [0.3, 0.4) is 0 Å². The summed E-state index contributed by atoms with van der Waals surface area (Å²) >= 11 is 0. The molecule has 1 aromatic rings. The summed E-state index contributed by atoms with van der Waals surface area (Å²) in [5.41, 5.74) is 11.5. The predicted molar refractivity (Wildman–Crippen MR) is 39.0 cm³/mol. The molecule has 0 aliphatic carbocycles. The lowest BCUT2D eigenvalue weighted by atomic mass is 9.99. The number of anilines is 2. The molecule has 0 spiro atoms. The van der Waals surface area contributed by atoms with E-state index in [-0.39, 0.29) is 5.95 Å². The largest absolute Gasteiger partial charge is 0.384 e. The molecular weight excluding hydrogens is 115 g/mol. The van der Waals surface area contributed by atoms with Crippen LogP contribution in [0.1, 0.15) is 0 Å². The molecule has 0 amide bonds. The van der Waals surface area contributed by atoms with Gasteiger partial charge in [0.25, 0.3) is 0 Å². The minimum absolute atomic E-state index is 0.220. The Hall–Kier alpha value is -1.26. The molecule has 4 N–H and O–H groups in total. The van der Waals surface area contributed by atoms with Gasteiger partial charge in [-0.25, -0.2) is 4.98 Å². The Balaban J connectivity index is 3.17. The Morgan fingerprint density at radius 1 is 1.44 bits per heavy atom. The molecule has 0 aliphatic heterocycles. The molecule has 9 heavy (non-hydrogen) atoms. The Morgan fingerprint density at radius 2 is 2.11 bits per heavy atom. The minimum atomic E-state index is 0.220. The monoisotopic (exact) mass is 122 g/mol. The normalized spacial score (nSPS) is 9.33. The van der Waals surface area contributed by atoms with Gasteiger partial charge >= 0.3 is 0 Å². The molecule has 5 heteroatoms. The van der Waals surface area contributed by atoms with Gasteiger partial charge in [0.05, 0.1) is 0 Å². The van der Waals surface area contributed by atoms with Crippen molar-refractivity contribution >= 4 is 25.1 Å². The molecule has 0 atom stereocenters. The molecule has 0 fully saturated rings. The van der Waals surface area contributed by atoms with E-state index >= 15 is 0 Å². The third-order valence-corrected chi connectivity index (χ3v) is 1.03. The number of nitrogen functional groups attached to an aromatic ring is 2. The second kappa shape index (κ2) is 1.93. The molecule has 0 unspecified atom stereocenters. The van der Waals surface area contributed by atoms with Gasteiger partial charge in [0.2, 0.25) is 5.95 Å². The first-order valence-corrected chi connectivity index (χ1v) is 2.55. The van der Waals surface area contributed by atoms with E-state index in [4.69, 9.17) is 11.5 Å². The van der Waals surface area contributed by atoms with Crippen LogP contribution < -0.4 is 16.9 Å². The fraction of sp³-hybridized carbons (Fsp3) is 0. The molecule has 0 radical (unpaired) electrons. The Labute approximate surface area is 53.7 Å². The maximum atomic E-state index is 5.39. The number of nitrogens with zero attached hydrogens (tertiary/aromatic N) is 2. The van der Waals surface area contributed by atoms with Crippen LogP contribution in [0.2, 0.25) is 0 Å². The highest BCUT2D eigenvalue weighted by atomic mass is 15.0. The Kier molecular flexibility index (Phi) is 1.26. The fourth-order valence-corrected chi connectivity index (χ4v) is 0.470. The van der Waals surface area contributed by atoms with E-state index in [0.29, 0.717) is 5.82 Å². The van der Waals surface area contributed by atoms with Crippen LogP contribution in [0.15, 0.2) is 6.20 Å². The lowest BCUT2D eigenvalue weighted by molar-refractivity contribution is 1.21. The molecular formula is C4H7BN4. The first-order valence-electron chi connectivity index (χ1n) is 2.55. The number of nitrogens with two attached hydrogens (primary N) is 2. The second-order valence-electron chi connectivity index (χ2n) is 1.80. The van der Waals surface area contributed by atoms with E-state index in [9.17, 15) is 0 Å². The smallest absolute Gasteiger partial charge is 0.221 e. The first-order chi connectivity index (χ1) is 4.20. The molecule has 0 aliphatic rings. The van der Waals surface area contributed by atoms with Gasteiger partial charge in [0.1, 0.15) is 13.7 Å². The highest BCUT2D eigenvalue weighted by molar-refractivity contribution is 6.35. The summed E-state index contributed by atoms with van der Waals surface area (Å²) in [6.45, 7) is 0. The van der Waals surface area contributed by atoms with E-state index in [2.05, 4.69) is 9.97 Å². The van der Waals surface area contributed by atoms with Crippen LogP contribution in [0.25, 0.3) is 0 Å². The molecule has 1 rings (SSSR count). The van der Waals surface area contributed by atoms with Crippen LogP contribution in [-0.4, -0.2) is 17.8 Å². The van der Waals surface area contributed by atoms with E-state index < -0.39 is 0 Å². The molecule has 0 saturated heterocycles. The van der Waals surface area contributed by atoms with Gasteiger partial charge in [0, 0.05) is 6.20 Å². The zero-order valence-corrected chi connectivity index (χ0v) is 5.13. The lowest BCUT2D eigenvalue weighted by Gasteiger charge is -1.96. The Bertz CT molecular complexity index is 224. The standard InChI is InChI=1S/C4H7BN4/c5-2-1-8-4(7)9-3(2)6/h1H,5H2,(H4,6,7,8,9). The molecule has 4 nitrogen and oxygen atoms in total. The van der Waals surface area contributed by atoms with Crippen LogP contribution in [0.4, 0.5) is 11.8 Å². The van der Waals surface area contributed by atoms with Gasteiger partial charge in [0.15, 0.2) is 0 Å². The SMILES string of the molecule is Bc1cnc(N)nc1N. The molecule has 0 bridgehead atoms. The van der Waals surface area contributed by atoms with Crippen LogP contribution >= 0.6 is 0 Å². The topological polar surface area (TPSA) is 77.8 Å². The Morgan fingerprint density at radius 3 is 2.56 bits per heavy atom. The van der Waals surface area contributed by atoms with Crippen molar-refractivity contribution in [1.29, 1.82) is 0 Å². The van der Waals surface area contributed by atoms with Crippen molar-refractivity contribution in [1.82, 2.24) is 9.97 Å². The van der Waals surface area contributed by atoms with Crippen molar-refractivity contribution in [2.45, 2.75) is 0 Å². The number of aromatic nitrogens is 2.